The third kappa shape index (κ3) is 3.24. The molecule has 1 aromatic carbocycles. The fourth-order valence-electron chi connectivity index (χ4n) is 3.87. The number of carbonyl (C=O) groups is 1. The number of hydrogen-bond acceptors (Lipinski definition) is 2. The van der Waals surface area contributed by atoms with E-state index in [1.165, 1.54) is 19.3 Å². The first-order valence-corrected chi connectivity index (χ1v) is 8.67. The Kier molecular flexibility index (Phi) is 4.62. The van der Waals surface area contributed by atoms with Crippen LogP contribution in [0.5, 0.6) is 5.75 Å². The molecule has 120 valence electrons. The molecule has 4 atom stereocenters. The van der Waals surface area contributed by atoms with Crippen LogP contribution in [0.1, 0.15) is 44.6 Å². The van der Waals surface area contributed by atoms with Crippen LogP contribution in [-0.2, 0) is 4.79 Å². The Balaban J connectivity index is 1.60. The molecule has 3 rings (SSSR count). The Hall–Kier alpha value is -1.22. The standard InChI is InChI=1S/C18H24ClNO2/c1-3-17(22-14-6-7-15(19)11(2)8-14)18(21)20-16-10-12-4-5-13(16)9-12/h6-8,12-13,16-17H,3-5,9-10H2,1-2H3,(H,20,21). The maximum atomic E-state index is 12.5. The highest BCUT2D eigenvalue weighted by Gasteiger charge is 2.40. The second-order valence-electron chi connectivity index (χ2n) is 6.72. The summed E-state index contributed by atoms with van der Waals surface area (Å²) in [5.41, 5.74) is 0.961. The van der Waals surface area contributed by atoms with Gasteiger partial charge in [-0.1, -0.05) is 24.9 Å². The molecule has 0 saturated heterocycles. The number of halogens is 1. The van der Waals surface area contributed by atoms with E-state index in [4.69, 9.17) is 16.3 Å². The van der Waals surface area contributed by atoms with E-state index in [2.05, 4.69) is 5.32 Å². The average Bonchev–Trinajstić information content (AvgIpc) is 3.10. The lowest BCUT2D eigenvalue weighted by molar-refractivity contribution is -0.129. The van der Waals surface area contributed by atoms with Crippen LogP contribution in [0.4, 0.5) is 0 Å². The number of nitrogens with one attached hydrogen (secondary N) is 1. The van der Waals surface area contributed by atoms with Gasteiger partial charge in [0.25, 0.3) is 5.91 Å². The van der Waals surface area contributed by atoms with E-state index in [9.17, 15) is 4.79 Å². The number of rotatable bonds is 5. The van der Waals surface area contributed by atoms with Crippen LogP contribution in [0.25, 0.3) is 0 Å². The summed E-state index contributed by atoms with van der Waals surface area (Å²) in [6.45, 7) is 3.92. The molecule has 0 aliphatic heterocycles. The van der Waals surface area contributed by atoms with Crippen molar-refractivity contribution in [2.75, 3.05) is 0 Å². The highest BCUT2D eigenvalue weighted by atomic mass is 35.5. The maximum absolute atomic E-state index is 12.5. The van der Waals surface area contributed by atoms with E-state index in [0.717, 1.165) is 17.9 Å². The van der Waals surface area contributed by atoms with E-state index in [1.54, 1.807) is 0 Å². The molecule has 22 heavy (non-hydrogen) atoms. The summed E-state index contributed by atoms with van der Waals surface area (Å²) in [5.74, 6) is 2.24. The van der Waals surface area contributed by atoms with Gasteiger partial charge in [-0.2, -0.15) is 0 Å². The number of amides is 1. The highest BCUT2D eigenvalue weighted by Crippen LogP contribution is 2.44. The predicted octanol–water partition coefficient (Wildman–Crippen LogP) is 4.11. The van der Waals surface area contributed by atoms with Crippen LogP contribution in [0.15, 0.2) is 18.2 Å². The van der Waals surface area contributed by atoms with E-state index in [0.29, 0.717) is 29.2 Å². The van der Waals surface area contributed by atoms with E-state index in [1.807, 2.05) is 32.0 Å². The van der Waals surface area contributed by atoms with Gasteiger partial charge in [-0.3, -0.25) is 4.79 Å². The van der Waals surface area contributed by atoms with Gasteiger partial charge in [0.1, 0.15) is 5.75 Å². The Morgan fingerprint density at radius 2 is 2.23 bits per heavy atom. The van der Waals surface area contributed by atoms with Crippen LogP contribution in [0.2, 0.25) is 5.02 Å². The molecule has 2 bridgehead atoms. The first-order chi connectivity index (χ1) is 10.6. The van der Waals surface area contributed by atoms with Crippen LogP contribution in [0.3, 0.4) is 0 Å². The Morgan fingerprint density at radius 3 is 2.82 bits per heavy atom. The smallest absolute Gasteiger partial charge is 0.261 e. The molecule has 2 saturated carbocycles. The number of hydrogen-bond donors (Lipinski definition) is 1. The van der Waals surface area contributed by atoms with Crippen molar-refractivity contribution in [2.24, 2.45) is 11.8 Å². The summed E-state index contributed by atoms with van der Waals surface area (Å²) in [6, 6.07) is 5.88. The first-order valence-electron chi connectivity index (χ1n) is 8.30. The normalized spacial score (nSPS) is 27.7. The third-order valence-corrected chi connectivity index (χ3v) is 5.56. The molecule has 2 aliphatic rings. The third-order valence-electron chi connectivity index (χ3n) is 5.14. The van der Waals surface area contributed by atoms with Crippen LogP contribution >= 0.6 is 11.6 Å². The Bertz CT molecular complexity index is 560. The topological polar surface area (TPSA) is 38.3 Å². The highest BCUT2D eigenvalue weighted by molar-refractivity contribution is 6.31. The summed E-state index contributed by atoms with van der Waals surface area (Å²) in [4.78, 5) is 12.5. The van der Waals surface area contributed by atoms with E-state index in [-0.39, 0.29) is 5.91 Å². The van der Waals surface area contributed by atoms with Crippen molar-refractivity contribution in [1.82, 2.24) is 5.32 Å². The summed E-state index contributed by atoms with van der Waals surface area (Å²) < 4.78 is 5.88. The lowest BCUT2D eigenvalue weighted by atomic mass is 9.95. The molecule has 1 N–H and O–H groups in total. The molecule has 1 aromatic rings. The first kappa shape index (κ1) is 15.7. The van der Waals surface area contributed by atoms with Gasteiger partial charge in [0.05, 0.1) is 0 Å². The molecule has 0 spiro atoms. The van der Waals surface area contributed by atoms with Crippen LogP contribution < -0.4 is 10.1 Å². The van der Waals surface area contributed by atoms with Gasteiger partial charge in [-0.25, -0.2) is 0 Å². The Labute approximate surface area is 137 Å². The van der Waals surface area contributed by atoms with Crippen molar-refractivity contribution in [1.29, 1.82) is 0 Å². The lowest BCUT2D eigenvalue weighted by Gasteiger charge is -2.25. The number of fused-ring (bicyclic) bond motifs is 2. The van der Waals surface area contributed by atoms with Crippen molar-refractivity contribution in [3.05, 3.63) is 28.8 Å². The van der Waals surface area contributed by atoms with Gasteiger partial charge in [0, 0.05) is 11.1 Å². The second-order valence-corrected chi connectivity index (χ2v) is 7.12. The fraction of sp³-hybridized carbons (Fsp3) is 0.611. The van der Waals surface area contributed by atoms with Gasteiger partial charge in [0.15, 0.2) is 6.10 Å². The number of aryl methyl sites for hydroxylation is 1. The molecule has 1 amide bonds. The minimum atomic E-state index is -0.431. The van der Waals surface area contributed by atoms with Gasteiger partial charge < -0.3 is 10.1 Å². The van der Waals surface area contributed by atoms with Crippen molar-refractivity contribution >= 4 is 17.5 Å². The van der Waals surface area contributed by atoms with Crippen LogP contribution in [-0.4, -0.2) is 18.1 Å². The number of ether oxygens (including phenoxy) is 1. The average molecular weight is 322 g/mol. The summed E-state index contributed by atoms with van der Waals surface area (Å²) in [7, 11) is 0. The summed E-state index contributed by atoms with van der Waals surface area (Å²) >= 11 is 6.03. The maximum Gasteiger partial charge on any atom is 0.261 e. The zero-order chi connectivity index (χ0) is 15.7. The Morgan fingerprint density at radius 1 is 1.41 bits per heavy atom. The van der Waals surface area contributed by atoms with Crippen LogP contribution in [0, 0.1) is 18.8 Å². The molecule has 3 nitrogen and oxygen atoms in total. The fourth-order valence-corrected chi connectivity index (χ4v) is 3.99. The van der Waals surface area contributed by atoms with E-state index < -0.39 is 6.10 Å². The predicted molar refractivity (Wildman–Crippen MR) is 88.3 cm³/mol. The quantitative estimate of drug-likeness (QED) is 0.886. The van der Waals surface area contributed by atoms with Gasteiger partial charge >= 0.3 is 0 Å². The minimum absolute atomic E-state index is 0.0210. The number of benzene rings is 1. The molecular formula is C18H24ClNO2. The second kappa shape index (κ2) is 6.49. The molecule has 0 heterocycles. The van der Waals surface area contributed by atoms with Gasteiger partial charge in [-0.15, -0.1) is 0 Å². The SMILES string of the molecule is CCC(Oc1ccc(Cl)c(C)c1)C(=O)NC1CC2CCC1C2. The largest absolute Gasteiger partial charge is 0.481 e. The molecule has 2 fully saturated rings. The molecular weight excluding hydrogens is 298 g/mol. The molecule has 2 aliphatic carbocycles. The molecule has 0 radical (unpaired) electrons. The number of carbonyl (C=O) groups excluding carboxylic acids is 1. The monoisotopic (exact) mass is 321 g/mol. The van der Waals surface area contributed by atoms with Crippen molar-refractivity contribution in [2.45, 2.75) is 58.1 Å². The van der Waals surface area contributed by atoms with Crippen molar-refractivity contribution in [3.63, 3.8) is 0 Å². The van der Waals surface area contributed by atoms with Crippen molar-refractivity contribution in [3.8, 4) is 5.75 Å². The summed E-state index contributed by atoms with van der Waals surface area (Å²) in [5, 5.41) is 3.93. The van der Waals surface area contributed by atoms with Crippen molar-refractivity contribution < 1.29 is 9.53 Å². The van der Waals surface area contributed by atoms with Gasteiger partial charge in [-0.05, 0) is 68.2 Å². The van der Waals surface area contributed by atoms with Gasteiger partial charge in [0.2, 0.25) is 0 Å². The summed E-state index contributed by atoms with van der Waals surface area (Å²) in [6.07, 6.45) is 5.28. The zero-order valence-corrected chi connectivity index (χ0v) is 14.0. The molecule has 0 aromatic heterocycles. The molecule has 4 heteroatoms. The molecule has 4 unspecified atom stereocenters. The van der Waals surface area contributed by atoms with E-state index >= 15 is 0 Å². The lowest BCUT2D eigenvalue weighted by Crippen LogP contribution is -2.45. The zero-order valence-electron chi connectivity index (χ0n) is 13.3. The minimum Gasteiger partial charge on any atom is -0.481 e.